The van der Waals surface area contributed by atoms with Crippen LogP contribution in [0.4, 0.5) is 0 Å². The van der Waals surface area contributed by atoms with E-state index >= 15 is 9.59 Å². The molecule has 7 saturated carbocycles. The Balaban J connectivity index is 0.873. The fraction of sp³-hybridized carbons (Fsp3) is 0.720. The van der Waals surface area contributed by atoms with Gasteiger partial charge in [-0.1, -0.05) is 104 Å². The molecule has 85 heavy (non-hydrogen) atoms. The van der Waals surface area contributed by atoms with Crippen molar-refractivity contribution in [1.29, 1.82) is 0 Å². The molecule has 12 aliphatic rings. The fourth-order valence-corrected chi connectivity index (χ4v) is 24.8. The van der Waals surface area contributed by atoms with Gasteiger partial charge in [0.25, 0.3) is 0 Å². The average molecular weight is 1150 g/mol. The molecule has 16 unspecified atom stereocenters. The maximum absolute atomic E-state index is 16.3. The van der Waals surface area contributed by atoms with Gasteiger partial charge in [-0.2, -0.15) is 0 Å². The Morgan fingerprint density at radius 2 is 1.53 bits per heavy atom. The largest absolute Gasteiger partial charge is 0.392 e. The second-order valence-electron chi connectivity index (χ2n) is 33.0. The van der Waals surface area contributed by atoms with Crippen molar-refractivity contribution in [3.63, 3.8) is 0 Å². The van der Waals surface area contributed by atoms with Gasteiger partial charge in [0.2, 0.25) is 0 Å². The molecule has 10 nitrogen and oxygen atoms in total. The van der Waals surface area contributed by atoms with E-state index in [4.69, 9.17) is 9.47 Å². The molecule has 9 fully saturated rings. The van der Waals surface area contributed by atoms with Crippen LogP contribution in [0.15, 0.2) is 54.0 Å². The minimum Gasteiger partial charge on any atom is -0.392 e. The number of aldehydes is 1. The first-order chi connectivity index (χ1) is 40.7. The molecule has 0 radical (unpaired) electrons. The SMILES string of the molecule is CC1(CC(O)C2OC2(C)C)CCc2c[nH]c3c(C(C=O)c4cc(C5CCCCC5)cc(C5CCOC6(CCCCC6)C5)c4)cn(c23)CC2C3=C1C(=O)CC3(C)C1(C)CCC3C(C)(C4CCCC4)C(=O)C4c5cc[nH]c5C5CCC4(C5)C3(C)C1C2O. The Labute approximate surface area is 505 Å². The molecule has 2 bridgehead atoms. The molecule has 1 aromatic carbocycles. The number of aromatic amines is 2. The van der Waals surface area contributed by atoms with Gasteiger partial charge in [0.1, 0.15) is 18.2 Å². The first-order valence-electron chi connectivity index (χ1n) is 34.7. The van der Waals surface area contributed by atoms with Gasteiger partial charge in [0.15, 0.2) is 5.78 Å². The number of hydrogen-bond acceptors (Lipinski definition) is 7. The standard InChI is InChI=1S/C75H99N3O7/c1-68(2)67(85-68)56(81)37-69(3)27-20-46-39-77-62-52(54(42-79)49-33-47(43-16-10-8-11-17-43)32-48(34-49)44-24-31-84-74(35-44)25-14-9-15-26-74)40-78(63(46)62)41-53-58-60(69)55(80)38-71(58,5)70(4)28-22-57-72(6,50-18-12-13-19-50)66(83)59-51-23-30-76-61(51)45-21-29-75(59,36-45)73(57,7)65(70)64(53)82/h23,30,32-34,39-40,42-45,50,53-54,56-57,59,64-65,67,76-77,81-82H,8-22,24-29,31,35-38,41H2,1-7H3. The predicted molar refractivity (Wildman–Crippen MR) is 331 cm³/mol. The number of ketones is 2. The van der Waals surface area contributed by atoms with E-state index in [2.05, 4.69) is 106 Å². The maximum atomic E-state index is 16.3. The number of ether oxygens (including phenoxy) is 2. The molecule has 4 N–H and O–H groups in total. The number of epoxide rings is 1. The number of H-pyrrole nitrogens is 2. The Kier molecular flexibility index (Phi) is 12.7. The summed E-state index contributed by atoms with van der Waals surface area (Å²) < 4.78 is 15.4. The second-order valence-corrected chi connectivity index (χ2v) is 33.0. The molecule has 0 amide bonds. The molecule has 456 valence electrons. The van der Waals surface area contributed by atoms with Crippen LogP contribution in [0, 0.1) is 56.2 Å². The van der Waals surface area contributed by atoms with E-state index in [0.29, 0.717) is 61.7 Å². The van der Waals surface area contributed by atoms with Crippen molar-refractivity contribution in [2.75, 3.05) is 6.61 Å². The Hall–Kier alpha value is -4.09. The van der Waals surface area contributed by atoms with Crippen molar-refractivity contribution >= 4 is 28.9 Å². The van der Waals surface area contributed by atoms with Crippen LogP contribution in [0.1, 0.15) is 271 Å². The molecule has 16 atom stereocenters. The summed E-state index contributed by atoms with van der Waals surface area (Å²) in [5.41, 5.74) is 8.88. The summed E-state index contributed by atoms with van der Waals surface area (Å²) in [7, 11) is 0. The van der Waals surface area contributed by atoms with Gasteiger partial charge >= 0.3 is 0 Å². The zero-order valence-electron chi connectivity index (χ0n) is 52.5. The number of allylic oxidation sites excluding steroid dienone is 1. The zero-order chi connectivity index (χ0) is 58.6. The van der Waals surface area contributed by atoms with Crippen molar-refractivity contribution in [2.45, 2.75) is 275 Å². The number of aryl methyl sites for hydroxylation is 1. The lowest BCUT2D eigenvalue weighted by atomic mass is 9.27. The van der Waals surface area contributed by atoms with Gasteiger partial charge < -0.3 is 39.0 Å². The van der Waals surface area contributed by atoms with Gasteiger partial charge in [-0.25, -0.2) is 0 Å². The van der Waals surface area contributed by atoms with Gasteiger partial charge in [-0.3, -0.25) is 9.59 Å². The molecule has 9 aliphatic carbocycles. The number of Topliss-reactive ketones (excluding diaryl/α,β-unsaturated/α-hetero) is 2. The smallest absolute Gasteiger partial charge is 0.160 e. The monoisotopic (exact) mass is 1150 g/mol. The van der Waals surface area contributed by atoms with Crippen LogP contribution in [-0.4, -0.2) is 78.7 Å². The van der Waals surface area contributed by atoms with Gasteiger partial charge in [-0.05, 0) is 213 Å². The summed E-state index contributed by atoms with van der Waals surface area (Å²) in [4.78, 5) is 54.4. The number of carbonyl (C=O) groups excluding carboxylic acids is 3. The lowest BCUT2D eigenvalue weighted by Gasteiger charge is -2.76. The van der Waals surface area contributed by atoms with Crippen LogP contribution in [-0.2, 0) is 36.8 Å². The van der Waals surface area contributed by atoms with Gasteiger partial charge in [0.05, 0.1) is 46.3 Å². The van der Waals surface area contributed by atoms with E-state index in [1.54, 1.807) is 0 Å². The minimum atomic E-state index is -0.837. The molecule has 3 aliphatic heterocycles. The first-order valence-corrected chi connectivity index (χ1v) is 34.7. The molecule has 2 spiro atoms. The Morgan fingerprint density at radius 1 is 0.800 bits per heavy atom. The van der Waals surface area contributed by atoms with Crippen molar-refractivity contribution in [3.8, 4) is 0 Å². The lowest BCUT2D eigenvalue weighted by molar-refractivity contribution is -0.271. The lowest BCUT2D eigenvalue weighted by Crippen LogP contribution is -2.74. The number of aliphatic hydroxyl groups is 2. The Bertz CT molecular complexity index is 3410. The number of rotatable bonds is 9. The summed E-state index contributed by atoms with van der Waals surface area (Å²) in [5.74, 6) is 0.817. The number of hydrogen-bond donors (Lipinski definition) is 4. The van der Waals surface area contributed by atoms with E-state index in [1.165, 1.54) is 80.0 Å². The highest BCUT2D eigenvalue weighted by atomic mass is 16.6. The number of benzene rings is 1. The third kappa shape index (κ3) is 7.64. The van der Waals surface area contributed by atoms with Crippen molar-refractivity contribution < 1.29 is 34.1 Å². The third-order valence-electron chi connectivity index (χ3n) is 28.9. The highest BCUT2D eigenvalue weighted by molar-refractivity contribution is 6.02. The Morgan fingerprint density at radius 3 is 2.27 bits per heavy atom. The topological polar surface area (TPSA) is 150 Å². The van der Waals surface area contributed by atoms with Crippen LogP contribution in [0.2, 0.25) is 0 Å². The third-order valence-corrected chi connectivity index (χ3v) is 28.9. The van der Waals surface area contributed by atoms with E-state index in [1.807, 2.05) is 0 Å². The summed E-state index contributed by atoms with van der Waals surface area (Å²) in [5, 5.41) is 27.2. The molecule has 16 rings (SSSR count). The first kappa shape index (κ1) is 56.2. The number of nitrogens with one attached hydrogen (secondary N) is 2. The predicted octanol–water partition coefficient (Wildman–Crippen LogP) is 15.3. The summed E-state index contributed by atoms with van der Waals surface area (Å²) >= 11 is 0. The van der Waals surface area contributed by atoms with E-state index in [0.717, 1.165) is 129 Å². The second kappa shape index (κ2) is 19.2. The quantitative estimate of drug-likeness (QED) is 0.0963. The van der Waals surface area contributed by atoms with Gasteiger partial charge in [0, 0.05) is 71.7 Å². The summed E-state index contributed by atoms with van der Waals surface area (Å²) in [6.07, 6.45) is 31.3. The highest BCUT2D eigenvalue weighted by Crippen LogP contribution is 2.84. The highest BCUT2D eigenvalue weighted by Gasteiger charge is 2.81. The normalized spacial score (nSPS) is 41.7. The number of fused-ring (bicyclic) bond motifs is 8. The van der Waals surface area contributed by atoms with E-state index in [-0.39, 0.29) is 40.7 Å². The van der Waals surface area contributed by atoms with Crippen LogP contribution >= 0.6 is 0 Å². The molecular weight excluding hydrogens is 1050 g/mol. The number of carbonyl (C=O) groups is 3. The molecule has 6 heterocycles. The molecular formula is C75H99N3O7. The van der Waals surface area contributed by atoms with Crippen LogP contribution in [0.3, 0.4) is 0 Å². The summed E-state index contributed by atoms with van der Waals surface area (Å²) in [6.45, 7) is 17.6. The molecule has 2 saturated heterocycles. The van der Waals surface area contributed by atoms with Crippen LogP contribution < -0.4 is 0 Å². The zero-order valence-corrected chi connectivity index (χ0v) is 52.5. The van der Waals surface area contributed by atoms with Crippen LogP contribution in [0.5, 0.6) is 0 Å². The fourth-order valence-electron chi connectivity index (χ4n) is 24.8. The molecule has 3 aromatic heterocycles. The number of aliphatic hydroxyl groups excluding tert-OH is 2. The molecule has 10 heteroatoms. The number of aromatic nitrogens is 3. The minimum absolute atomic E-state index is 0.0456. The van der Waals surface area contributed by atoms with E-state index < -0.39 is 56.7 Å². The average Bonchev–Trinajstić information content (AvgIpc) is 1.64. The number of nitrogens with zero attached hydrogens (tertiary/aromatic N) is 1. The maximum Gasteiger partial charge on any atom is 0.160 e. The van der Waals surface area contributed by atoms with Crippen molar-refractivity contribution in [1.82, 2.24) is 14.5 Å². The van der Waals surface area contributed by atoms with Crippen molar-refractivity contribution in [3.05, 3.63) is 93.1 Å². The van der Waals surface area contributed by atoms with Gasteiger partial charge in [-0.15, -0.1) is 0 Å². The molecule has 4 aromatic rings. The van der Waals surface area contributed by atoms with Crippen LogP contribution in [0.25, 0.3) is 11.0 Å². The van der Waals surface area contributed by atoms with Crippen molar-refractivity contribution in [2.24, 2.45) is 56.2 Å². The van der Waals surface area contributed by atoms with E-state index in [9.17, 15) is 15.0 Å². The summed E-state index contributed by atoms with van der Waals surface area (Å²) in [6, 6.07) is 9.62.